The van der Waals surface area contributed by atoms with Gasteiger partial charge in [-0.2, -0.15) is 0 Å². The van der Waals surface area contributed by atoms with Gasteiger partial charge < -0.3 is 0 Å². The molecular formula is C17H37P. The van der Waals surface area contributed by atoms with E-state index in [4.69, 9.17) is 0 Å². The summed E-state index contributed by atoms with van der Waals surface area (Å²) in [5, 5.41) is 0. The minimum absolute atomic E-state index is 0.945. The maximum atomic E-state index is 2.85. The molecule has 0 fully saturated rings. The van der Waals surface area contributed by atoms with Crippen LogP contribution < -0.4 is 0 Å². The van der Waals surface area contributed by atoms with Crippen molar-refractivity contribution < 1.29 is 0 Å². The van der Waals surface area contributed by atoms with E-state index in [0.29, 0.717) is 0 Å². The molecule has 0 aromatic heterocycles. The molecule has 0 aliphatic rings. The van der Waals surface area contributed by atoms with Crippen molar-refractivity contribution in [3.05, 3.63) is 0 Å². The molecule has 2 atom stereocenters. The summed E-state index contributed by atoms with van der Waals surface area (Å²) in [5.41, 5.74) is 0. The van der Waals surface area contributed by atoms with Gasteiger partial charge in [0.1, 0.15) is 0 Å². The molecule has 0 aromatic rings. The molecule has 18 heavy (non-hydrogen) atoms. The van der Waals surface area contributed by atoms with Crippen molar-refractivity contribution in [2.75, 3.05) is 6.16 Å². The van der Waals surface area contributed by atoms with E-state index in [9.17, 15) is 0 Å². The lowest BCUT2D eigenvalue weighted by Gasteiger charge is -2.09. The molecular weight excluding hydrogens is 235 g/mol. The quantitative estimate of drug-likeness (QED) is 0.247. The predicted octanol–water partition coefficient (Wildman–Crippen LogP) is 6.59. The van der Waals surface area contributed by atoms with E-state index in [-0.39, 0.29) is 0 Å². The Morgan fingerprint density at radius 2 is 1.11 bits per heavy atom. The third kappa shape index (κ3) is 14.5. The van der Waals surface area contributed by atoms with Crippen molar-refractivity contribution in [1.82, 2.24) is 0 Å². The van der Waals surface area contributed by atoms with Gasteiger partial charge in [0.05, 0.1) is 0 Å². The highest BCUT2D eigenvalue weighted by Gasteiger charge is 1.99. The SMILES string of the molecule is CCCCCCCCCCCCCC(C)CCP. The van der Waals surface area contributed by atoms with E-state index in [0.717, 1.165) is 5.92 Å². The van der Waals surface area contributed by atoms with Crippen LogP contribution in [-0.4, -0.2) is 6.16 Å². The van der Waals surface area contributed by atoms with Crippen LogP contribution in [0.25, 0.3) is 0 Å². The first-order valence-electron chi connectivity index (χ1n) is 8.51. The molecule has 0 aliphatic heterocycles. The fraction of sp³-hybridized carbons (Fsp3) is 1.00. The van der Waals surface area contributed by atoms with Crippen molar-refractivity contribution in [2.24, 2.45) is 5.92 Å². The Hall–Kier alpha value is 0.430. The summed E-state index contributed by atoms with van der Waals surface area (Å²) in [6.07, 6.45) is 20.2. The van der Waals surface area contributed by atoms with Crippen molar-refractivity contribution in [2.45, 2.75) is 97.3 Å². The van der Waals surface area contributed by atoms with Gasteiger partial charge in [-0.15, -0.1) is 9.24 Å². The second-order valence-corrected chi connectivity index (χ2v) is 6.58. The van der Waals surface area contributed by atoms with Crippen LogP contribution in [0.4, 0.5) is 0 Å². The number of rotatable bonds is 14. The number of unbranched alkanes of at least 4 members (excludes halogenated alkanes) is 10. The maximum absolute atomic E-state index is 2.85. The standard InChI is InChI=1S/C17H37P/c1-3-4-5-6-7-8-9-10-11-12-13-14-17(2)15-16-18/h17H,3-16,18H2,1-2H3. The minimum atomic E-state index is 0.945. The molecule has 0 N–H and O–H groups in total. The van der Waals surface area contributed by atoms with E-state index in [1.54, 1.807) is 0 Å². The summed E-state index contributed by atoms with van der Waals surface area (Å²) in [7, 11) is 2.85. The highest BCUT2D eigenvalue weighted by Crippen LogP contribution is 2.16. The van der Waals surface area contributed by atoms with E-state index in [2.05, 4.69) is 23.1 Å². The average molecular weight is 272 g/mol. The van der Waals surface area contributed by atoms with Crippen molar-refractivity contribution in [1.29, 1.82) is 0 Å². The van der Waals surface area contributed by atoms with E-state index in [1.807, 2.05) is 0 Å². The van der Waals surface area contributed by atoms with E-state index in [1.165, 1.54) is 89.6 Å². The Morgan fingerprint density at radius 1 is 0.667 bits per heavy atom. The van der Waals surface area contributed by atoms with Crippen LogP contribution in [0.15, 0.2) is 0 Å². The zero-order chi connectivity index (χ0) is 13.5. The average Bonchev–Trinajstić information content (AvgIpc) is 2.36. The molecule has 0 heterocycles. The van der Waals surface area contributed by atoms with Gasteiger partial charge in [-0.25, -0.2) is 0 Å². The van der Waals surface area contributed by atoms with Gasteiger partial charge in [0, 0.05) is 0 Å². The molecule has 0 saturated carbocycles. The topological polar surface area (TPSA) is 0 Å². The van der Waals surface area contributed by atoms with E-state index < -0.39 is 0 Å². The summed E-state index contributed by atoms with van der Waals surface area (Å²) in [6.45, 7) is 4.70. The Morgan fingerprint density at radius 3 is 1.56 bits per heavy atom. The molecule has 0 aromatic carbocycles. The molecule has 0 rings (SSSR count). The molecule has 0 nitrogen and oxygen atoms in total. The van der Waals surface area contributed by atoms with Gasteiger partial charge in [0.25, 0.3) is 0 Å². The van der Waals surface area contributed by atoms with Crippen LogP contribution >= 0.6 is 9.24 Å². The second-order valence-electron chi connectivity index (χ2n) is 6.01. The van der Waals surface area contributed by atoms with Crippen LogP contribution in [0, 0.1) is 5.92 Å². The van der Waals surface area contributed by atoms with Gasteiger partial charge in [-0.3, -0.25) is 0 Å². The van der Waals surface area contributed by atoms with Crippen molar-refractivity contribution >= 4 is 9.24 Å². The maximum Gasteiger partial charge on any atom is -0.0379 e. The summed E-state index contributed by atoms with van der Waals surface area (Å²) in [4.78, 5) is 0. The van der Waals surface area contributed by atoms with Gasteiger partial charge in [0.15, 0.2) is 0 Å². The molecule has 0 bridgehead atoms. The Balaban J connectivity index is 2.98. The lowest BCUT2D eigenvalue weighted by Crippen LogP contribution is -1.95. The predicted molar refractivity (Wildman–Crippen MR) is 89.4 cm³/mol. The molecule has 2 unspecified atom stereocenters. The summed E-state index contributed by atoms with van der Waals surface area (Å²) >= 11 is 0. The lowest BCUT2D eigenvalue weighted by atomic mass is 9.99. The molecule has 0 saturated heterocycles. The summed E-state index contributed by atoms with van der Waals surface area (Å²) in [5.74, 6) is 0.945. The van der Waals surface area contributed by atoms with Crippen LogP contribution in [0.3, 0.4) is 0 Å². The van der Waals surface area contributed by atoms with Crippen molar-refractivity contribution in [3.8, 4) is 0 Å². The number of hydrogen-bond donors (Lipinski definition) is 0. The monoisotopic (exact) mass is 272 g/mol. The van der Waals surface area contributed by atoms with Crippen LogP contribution in [0.5, 0.6) is 0 Å². The smallest absolute Gasteiger partial charge is 0.0379 e. The molecule has 110 valence electrons. The first-order valence-corrected chi connectivity index (χ1v) is 9.33. The Bertz CT molecular complexity index is 145. The first kappa shape index (κ1) is 18.4. The zero-order valence-corrected chi connectivity index (χ0v) is 14.2. The fourth-order valence-corrected chi connectivity index (χ4v) is 3.15. The van der Waals surface area contributed by atoms with Crippen molar-refractivity contribution in [3.63, 3.8) is 0 Å². The van der Waals surface area contributed by atoms with Crippen LogP contribution in [0.1, 0.15) is 97.3 Å². The molecule has 0 amide bonds. The number of hydrogen-bond acceptors (Lipinski definition) is 0. The largest absolute Gasteiger partial charge is 0.138 e. The Kier molecular flexibility index (Phi) is 15.9. The van der Waals surface area contributed by atoms with Gasteiger partial charge in [-0.1, -0.05) is 90.9 Å². The Labute approximate surface area is 119 Å². The molecule has 0 spiro atoms. The molecule has 0 radical (unpaired) electrons. The first-order chi connectivity index (χ1) is 8.81. The van der Waals surface area contributed by atoms with Gasteiger partial charge in [0.2, 0.25) is 0 Å². The highest BCUT2D eigenvalue weighted by atomic mass is 31.0. The third-order valence-electron chi connectivity index (χ3n) is 3.96. The third-order valence-corrected chi connectivity index (χ3v) is 4.29. The summed E-state index contributed by atoms with van der Waals surface area (Å²) < 4.78 is 0. The zero-order valence-electron chi connectivity index (χ0n) is 13.1. The summed E-state index contributed by atoms with van der Waals surface area (Å²) in [6, 6.07) is 0. The van der Waals surface area contributed by atoms with E-state index >= 15 is 0 Å². The fourth-order valence-electron chi connectivity index (χ4n) is 2.59. The minimum Gasteiger partial charge on any atom is -0.138 e. The van der Waals surface area contributed by atoms with Gasteiger partial charge in [-0.05, 0) is 18.5 Å². The van der Waals surface area contributed by atoms with Crippen LogP contribution in [0.2, 0.25) is 0 Å². The van der Waals surface area contributed by atoms with Crippen LogP contribution in [-0.2, 0) is 0 Å². The van der Waals surface area contributed by atoms with Gasteiger partial charge >= 0.3 is 0 Å². The lowest BCUT2D eigenvalue weighted by molar-refractivity contribution is 0.471. The second kappa shape index (κ2) is 15.5. The molecule has 1 heteroatoms. The normalized spacial score (nSPS) is 12.8. The molecule has 0 aliphatic carbocycles. The highest BCUT2D eigenvalue weighted by molar-refractivity contribution is 7.16.